The lowest BCUT2D eigenvalue weighted by Gasteiger charge is -2.28. The van der Waals surface area contributed by atoms with E-state index >= 15 is 0 Å². The van der Waals surface area contributed by atoms with Gasteiger partial charge in [-0.15, -0.1) is 0 Å². The number of amides is 1. The van der Waals surface area contributed by atoms with Crippen molar-refractivity contribution in [1.29, 1.82) is 0 Å². The second kappa shape index (κ2) is 6.10. The average Bonchev–Trinajstić information content (AvgIpc) is 2.64. The van der Waals surface area contributed by atoms with E-state index in [0.29, 0.717) is 11.6 Å². The summed E-state index contributed by atoms with van der Waals surface area (Å²) in [7, 11) is 0. The van der Waals surface area contributed by atoms with Gasteiger partial charge in [0.25, 0.3) is 5.91 Å². The maximum atomic E-state index is 12.3. The van der Waals surface area contributed by atoms with Crippen LogP contribution in [0.4, 0.5) is 0 Å². The van der Waals surface area contributed by atoms with Crippen molar-refractivity contribution in [2.45, 2.75) is 31.7 Å². The largest absolute Gasteiger partial charge is 0.335 e. The number of halogens is 1. The zero-order chi connectivity index (χ0) is 12.1. The molecule has 1 aromatic heterocycles. The number of carbonyl (C=O) groups is 1. The van der Waals surface area contributed by atoms with Gasteiger partial charge in [0, 0.05) is 30.3 Å². The van der Waals surface area contributed by atoms with Crippen LogP contribution in [-0.4, -0.2) is 38.7 Å². The molecule has 0 aliphatic carbocycles. The van der Waals surface area contributed by atoms with Crippen LogP contribution < -0.4 is 0 Å². The first-order chi connectivity index (χ1) is 8.33. The highest BCUT2D eigenvalue weighted by Gasteiger charge is 2.25. The van der Waals surface area contributed by atoms with Crippen LogP contribution in [0.3, 0.4) is 0 Å². The number of nitrogens with zero attached hydrogens (tertiary/aromatic N) is 3. The van der Waals surface area contributed by atoms with Crippen LogP contribution in [0.1, 0.15) is 36.0 Å². The summed E-state index contributed by atoms with van der Waals surface area (Å²) in [4.78, 5) is 22.1. The minimum absolute atomic E-state index is 0.0527. The molecule has 4 nitrogen and oxygen atoms in total. The van der Waals surface area contributed by atoms with Gasteiger partial charge in [-0.2, -0.15) is 0 Å². The van der Waals surface area contributed by atoms with E-state index in [0.717, 1.165) is 24.7 Å². The van der Waals surface area contributed by atoms with Gasteiger partial charge in [0.2, 0.25) is 0 Å². The molecule has 0 bridgehead atoms. The summed E-state index contributed by atoms with van der Waals surface area (Å²) in [6, 6.07) is 0.296. The Bertz CT molecular complexity index is 371. The van der Waals surface area contributed by atoms with Crippen LogP contribution >= 0.6 is 15.9 Å². The van der Waals surface area contributed by atoms with E-state index in [4.69, 9.17) is 0 Å². The van der Waals surface area contributed by atoms with Gasteiger partial charge >= 0.3 is 0 Å². The van der Waals surface area contributed by atoms with Crippen LogP contribution in [0.25, 0.3) is 0 Å². The minimum Gasteiger partial charge on any atom is -0.335 e. The van der Waals surface area contributed by atoms with Crippen molar-refractivity contribution in [2.24, 2.45) is 0 Å². The predicted octanol–water partition coefficient (Wildman–Crippen LogP) is 2.26. The van der Waals surface area contributed by atoms with E-state index in [1.807, 2.05) is 4.90 Å². The van der Waals surface area contributed by atoms with Crippen LogP contribution in [0.15, 0.2) is 18.7 Å². The summed E-state index contributed by atoms with van der Waals surface area (Å²) in [6.07, 6.45) is 9.19. The van der Waals surface area contributed by atoms with Gasteiger partial charge in [-0.3, -0.25) is 4.79 Å². The van der Waals surface area contributed by atoms with Gasteiger partial charge in [0.05, 0.1) is 5.56 Å². The molecule has 1 atom stereocenters. The molecule has 0 spiro atoms. The number of alkyl halides is 1. The van der Waals surface area contributed by atoms with Crippen LogP contribution in [0.2, 0.25) is 0 Å². The van der Waals surface area contributed by atoms with Crippen molar-refractivity contribution >= 4 is 21.8 Å². The molecule has 1 saturated heterocycles. The summed E-state index contributed by atoms with van der Waals surface area (Å²) >= 11 is 3.50. The van der Waals surface area contributed by atoms with E-state index < -0.39 is 0 Å². The second-order valence-electron chi connectivity index (χ2n) is 4.28. The molecule has 0 aromatic carbocycles. The zero-order valence-electron chi connectivity index (χ0n) is 9.68. The topological polar surface area (TPSA) is 46.1 Å². The van der Waals surface area contributed by atoms with Crippen molar-refractivity contribution < 1.29 is 4.79 Å². The van der Waals surface area contributed by atoms with E-state index in [1.165, 1.54) is 19.2 Å². The fourth-order valence-electron chi connectivity index (χ4n) is 2.18. The molecule has 1 aromatic rings. The van der Waals surface area contributed by atoms with Crippen LogP contribution in [0.5, 0.6) is 0 Å². The predicted molar refractivity (Wildman–Crippen MR) is 69.1 cm³/mol. The summed E-state index contributed by atoms with van der Waals surface area (Å²) in [5.41, 5.74) is 0.584. The average molecular weight is 298 g/mol. The number of hydrogen-bond acceptors (Lipinski definition) is 3. The maximum absolute atomic E-state index is 12.3. The van der Waals surface area contributed by atoms with Crippen LogP contribution in [0, 0.1) is 0 Å². The molecular formula is C12H16BrN3O. The van der Waals surface area contributed by atoms with E-state index in [9.17, 15) is 4.79 Å². The summed E-state index contributed by atoms with van der Waals surface area (Å²) in [6.45, 7) is 0.837. The summed E-state index contributed by atoms with van der Waals surface area (Å²) < 4.78 is 0. The highest BCUT2D eigenvalue weighted by Crippen LogP contribution is 2.20. The van der Waals surface area contributed by atoms with Gasteiger partial charge in [-0.1, -0.05) is 28.8 Å². The first kappa shape index (κ1) is 12.5. The van der Waals surface area contributed by atoms with E-state index in [-0.39, 0.29) is 5.91 Å². The molecule has 0 N–H and O–H groups in total. The van der Waals surface area contributed by atoms with Crippen molar-refractivity contribution in [3.8, 4) is 0 Å². The fourth-order valence-corrected chi connectivity index (χ4v) is 2.85. The minimum atomic E-state index is 0.0527. The lowest BCUT2D eigenvalue weighted by atomic mass is 10.1. The molecule has 1 unspecified atom stereocenters. The van der Waals surface area contributed by atoms with Crippen molar-refractivity contribution in [3.63, 3.8) is 0 Å². The Morgan fingerprint density at radius 3 is 2.82 bits per heavy atom. The number of carbonyl (C=O) groups excluding carboxylic acids is 1. The molecule has 0 radical (unpaired) electrons. The third-order valence-corrected chi connectivity index (χ3v) is 3.87. The lowest BCUT2D eigenvalue weighted by molar-refractivity contribution is 0.0701. The molecule has 2 rings (SSSR count). The van der Waals surface area contributed by atoms with Gasteiger partial charge in [0.1, 0.15) is 6.33 Å². The first-order valence-electron chi connectivity index (χ1n) is 5.95. The van der Waals surface area contributed by atoms with Crippen LogP contribution in [-0.2, 0) is 0 Å². The van der Waals surface area contributed by atoms with Gasteiger partial charge in [0.15, 0.2) is 0 Å². The fraction of sp³-hybridized carbons (Fsp3) is 0.583. The van der Waals surface area contributed by atoms with E-state index in [2.05, 4.69) is 25.9 Å². The Morgan fingerprint density at radius 2 is 2.12 bits per heavy atom. The lowest BCUT2D eigenvalue weighted by Crippen LogP contribution is -2.41. The highest BCUT2D eigenvalue weighted by molar-refractivity contribution is 9.09. The quantitative estimate of drug-likeness (QED) is 0.787. The molecule has 5 heteroatoms. The Kier molecular flexibility index (Phi) is 4.48. The molecule has 1 aliphatic rings. The molecule has 92 valence electrons. The van der Waals surface area contributed by atoms with Crippen molar-refractivity contribution in [1.82, 2.24) is 14.9 Å². The third kappa shape index (κ3) is 3.03. The third-order valence-electron chi connectivity index (χ3n) is 3.12. The monoisotopic (exact) mass is 297 g/mol. The maximum Gasteiger partial charge on any atom is 0.257 e. The second-order valence-corrected chi connectivity index (χ2v) is 4.93. The van der Waals surface area contributed by atoms with Gasteiger partial charge in [-0.25, -0.2) is 9.97 Å². The van der Waals surface area contributed by atoms with Gasteiger partial charge in [-0.05, 0) is 12.8 Å². The SMILES string of the molecule is O=C(c1cncnc1)N1CCCCCC1CBr. The number of likely N-dealkylation sites (tertiary alicyclic amines) is 1. The Morgan fingerprint density at radius 1 is 1.35 bits per heavy atom. The normalized spacial score (nSPS) is 21.0. The van der Waals surface area contributed by atoms with Gasteiger partial charge < -0.3 is 4.90 Å². The van der Waals surface area contributed by atoms with Crippen molar-refractivity contribution in [3.05, 3.63) is 24.3 Å². The Hall–Kier alpha value is -0.970. The number of hydrogen-bond donors (Lipinski definition) is 0. The molecular weight excluding hydrogens is 282 g/mol. The zero-order valence-corrected chi connectivity index (χ0v) is 11.3. The van der Waals surface area contributed by atoms with E-state index in [1.54, 1.807) is 12.4 Å². The summed E-state index contributed by atoms with van der Waals surface area (Å²) in [5, 5.41) is 0.840. The molecule has 0 saturated carbocycles. The molecule has 17 heavy (non-hydrogen) atoms. The Labute approximate surface area is 110 Å². The number of aromatic nitrogens is 2. The first-order valence-corrected chi connectivity index (χ1v) is 7.07. The molecule has 1 amide bonds. The number of rotatable bonds is 2. The smallest absolute Gasteiger partial charge is 0.257 e. The molecule has 1 fully saturated rings. The molecule has 2 heterocycles. The highest BCUT2D eigenvalue weighted by atomic mass is 79.9. The summed E-state index contributed by atoms with van der Waals surface area (Å²) in [5.74, 6) is 0.0527. The molecule has 1 aliphatic heterocycles. The van der Waals surface area contributed by atoms with Crippen molar-refractivity contribution in [2.75, 3.05) is 11.9 Å². The Balaban J connectivity index is 2.16. The standard InChI is InChI=1S/C12H16BrN3O/c13-6-11-4-2-1-3-5-16(11)12(17)10-7-14-9-15-8-10/h7-9,11H,1-6H2.